The Morgan fingerprint density at radius 1 is 1.28 bits per heavy atom. The summed E-state index contributed by atoms with van der Waals surface area (Å²) >= 11 is 0. The van der Waals surface area contributed by atoms with Crippen molar-refractivity contribution in [1.29, 1.82) is 0 Å². The minimum Gasteiger partial charge on any atom is -0.494 e. The molecule has 5 heteroatoms. The number of aryl methyl sites for hydroxylation is 1. The zero-order valence-electron chi connectivity index (χ0n) is 10.2. The van der Waals surface area contributed by atoms with Gasteiger partial charge in [-0.2, -0.15) is 0 Å². The van der Waals surface area contributed by atoms with Gasteiger partial charge in [-0.15, -0.1) is 0 Å². The van der Waals surface area contributed by atoms with Crippen molar-refractivity contribution in [2.45, 2.75) is 6.92 Å². The maximum absolute atomic E-state index is 13.2. The number of nitrogens with zero attached hydrogens (tertiary/aromatic N) is 1. The lowest BCUT2D eigenvalue weighted by atomic mass is 10.2. The van der Waals surface area contributed by atoms with Crippen molar-refractivity contribution in [2.24, 2.45) is 0 Å². The highest BCUT2D eigenvalue weighted by atomic mass is 19.1. The molecule has 1 heterocycles. The number of halogens is 1. The highest BCUT2D eigenvalue weighted by Gasteiger charge is 2.04. The quantitative estimate of drug-likeness (QED) is 0.875. The summed E-state index contributed by atoms with van der Waals surface area (Å²) in [7, 11) is 1.42. The molecule has 1 aromatic heterocycles. The van der Waals surface area contributed by atoms with Crippen LogP contribution in [-0.4, -0.2) is 12.1 Å². The van der Waals surface area contributed by atoms with E-state index >= 15 is 0 Å². The van der Waals surface area contributed by atoms with Gasteiger partial charge in [0.2, 0.25) is 0 Å². The van der Waals surface area contributed by atoms with Gasteiger partial charge in [-0.3, -0.25) is 0 Å². The third-order valence-electron chi connectivity index (χ3n) is 2.55. The van der Waals surface area contributed by atoms with Crippen LogP contribution in [0.25, 0.3) is 0 Å². The van der Waals surface area contributed by atoms with E-state index in [0.717, 1.165) is 5.69 Å². The third kappa shape index (κ3) is 2.51. The first-order valence-corrected chi connectivity index (χ1v) is 5.44. The number of benzene rings is 1. The Balaban J connectivity index is 2.25. The van der Waals surface area contributed by atoms with Crippen LogP contribution in [0.3, 0.4) is 0 Å². The molecule has 0 aliphatic carbocycles. The van der Waals surface area contributed by atoms with Crippen LogP contribution in [-0.2, 0) is 0 Å². The number of nitrogens with two attached hydrogens (primary N) is 1. The summed E-state index contributed by atoms with van der Waals surface area (Å²) in [5, 5.41) is 3.06. The van der Waals surface area contributed by atoms with Crippen LogP contribution in [0.1, 0.15) is 5.69 Å². The fourth-order valence-corrected chi connectivity index (χ4v) is 1.53. The first-order chi connectivity index (χ1) is 8.60. The summed E-state index contributed by atoms with van der Waals surface area (Å²) in [6.07, 6.45) is 0. The second-order valence-electron chi connectivity index (χ2n) is 3.85. The van der Waals surface area contributed by atoms with Crippen molar-refractivity contribution in [1.82, 2.24) is 4.98 Å². The largest absolute Gasteiger partial charge is 0.494 e. The third-order valence-corrected chi connectivity index (χ3v) is 2.55. The van der Waals surface area contributed by atoms with E-state index in [2.05, 4.69) is 10.3 Å². The summed E-state index contributed by atoms with van der Waals surface area (Å²) in [5.74, 6) is 0.437. The van der Waals surface area contributed by atoms with E-state index in [9.17, 15) is 4.39 Å². The Kier molecular flexibility index (Phi) is 3.32. The molecule has 0 amide bonds. The molecule has 0 aliphatic rings. The first kappa shape index (κ1) is 12.2. The molecule has 0 saturated heterocycles. The molecule has 0 aliphatic heterocycles. The fourth-order valence-electron chi connectivity index (χ4n) is 1.53. The van der Waals surface area contributed by atoms with Crippen LogP contribution in [0.15, 0.2) is 30.3 Å². The van der Waals surface area contributed by atoms with Crippen LogP contribution in [0.2, 0.25) is 0 Å². The Morgan fingerprint density at radius 2 is 2.06 bits per heavy atom. The van der Waals surface area contributed by atoms with Crippen molar-refractivity contribution in [2.75, 3.05) is 18.2 Å². The second kappa shape index (κ2) is 4.91. The molecule has 1 aromatic carbocycles. The molecule has 0 fully saturated rings. The molecular weight excluding hydrogens is 233 g/mol. The maximum Gasteiger partial charge on any atom is 0.165 e. The Hall–Kier alpha value is -2.30. The van der Waals surface area contributed by atoms with Gasteiger partial charge >= 0.3 is 0 Å². The molecule has 2 aromatic rings. The monoisotopic (exact) mass is 247 g/mol. The molecule has 3 N–H and O–H groups in total. The number of rotatable bonds is 3. The normalized spacial score (nSPS) is 10.2. The van der Waals surface area contributed by atoms with E-state index in [1.54, 1.807) is 24.3 Å². The number of ether oxygens (including phenoxy) is 1. The predicted molar refractivity (Wildman–Crippen MR) is 69.6 cm³/mol. The van der Waals surface area contributed by atoms with Crippen LogP contribution in [0.5, 0.6) is 5.75 Å². The summed E-state index contributed by atoms with van der Waals surface area (Å²) in [4.78, 5) is 4.28. The smallest absolute Gasteiger partial charge is 0.165 e. The number of aromatic nitrogens is 1. The summed E-state index contributed by atoms with van der Waals surface area (Å²) in [5.41, 5.74) is 7.77. The van der Waals surface area contributed by atoms with Crippen LogP contribution in [0.4, 0.5) is 21.6 Å². The van der Waals surface area contributed by atoms with E-state index in [-0.39, 0.29) is 5.75 Å². The number of nitrogen functional groups attached to an aromatic ring is 1. The van der Waals surface area contributed by atoms with Crippen molar-refractivity contribution in [3.8, 4) is 5.75 Å². The van der Waals surface area contributed by atoms with Gasteiger partial charge < -0.3 is 15.8 Å². The van der Waals surface area contributed by atoms with Crippen molar-refractivity contribution in [3.05, 3.63) is 41.8 Å². The molecule has 0 spiro atoms. The Morgan fingerprint density at radius 3 is 2.72 bits per heavy atom. The zero-order valence-corrected chi connectivity index (χ0v) is 10.2. The summed E-state index contributed by atoms with van der Waals surface area (Å²) in [6.45, 7) is 1.83. The fraction of sp³-hybridized carbons (Fsp3) is 0.154. The average molecular weight is 247 g/mol. The highest BCUT2D eigenvalue weighted by Crippen LogP contribution is 2.24. The van der Waals surface area contributed by atoms with Crippen molar-refractivity contribution >= 4 is 17.2 Å². The van der Waals surface area contributed by atoms with E-state index < -0.39 is 5.82 Å². The van der Waals surface area contributed by atoms with Gasteiger partial charge in [-0.05, 0) is 31.2 Å². The topological polar surface area (TPSA) is 60.2 Å². The molecule has 0 atom stereocenters. The van der Waals surface area contributed by atoms with E-state index in [0.29, 0.717) is 17.2 Å². The minimum atomic E-state index is -0.399. The molecule has 94 valence electrons. The number of hydrogen-bond donors (Lipinski definition) is 2. The van der Waals surface area contributed by atoms with Crippen molar-refractivity contribution < 1.29 is 9.13 Å². The maximum atomic E-state index is 13.2. The number of methoxy groups -OCH3 is 1. The first-order valence-electron chi connectivity index (χ1n) is 5.44. The van der Waals surface area contributed by atoms with Gasteiger partial charge in [0.1, 0.15) is 5.82 Å². The molecule has 0 unspecified atom stereocenters. The molecular formula is C13H14FN3O. The Bertz CT molecular complexity index is 572. The lowest BCUT2D eigenvalue weighted by molar-refractivity contribution is 0.387. The molecule has 18 heavy (non-hydrogen) atoms. The summed E-state index contributed by atoms with van der Waals surface area (Å²) in [6, 6.07) is 8.06. The minimum absolute atomic E-state index is 0.187. The van der Waals surface area contributed by atoms with Crippen LogP contribution < -0.4 is 15.8 Å². The lowest BCUT2D eigenvalue weighted by Gasteiger charge is -2.09. The average Bonchev–Trinajstić information content (AvgIpc) is 2.36. The number of hydrogen-bond acceptors (Lipinski definition) is 4. The van der Waals surface area contributed by atoms with Crippen LogP contribution >= 0.6 is 0 Å². The number of nitrogens with one attached hydrogen (secondary N) is 1. The predicted octanol–water partition coefficient (Wildman–Crippen LogP) is 2.86. The van der Waals surface area contributed by atoms with Gasteiger partial charge in [0, 0.05) is 11.8 Å². The Labute approximate surface area is 105 Å². The van der Waals surface area contributed by atoms with Gasteiger partial charge in [-0.1, -0.05) is 0 Å². The highest BCUT2D eigenvalue weighted by molar-refractivity contribution is 5.60. The number of anilines is 3. The second-order valence-corrected chi connectivity index (χ2v) is 3.85. The van der Waals surface area contributed by atoms with Crippen molar-refractivity contribution in [3.63, 3.8) is 0 Å². The molecule has 0 saturated carbocycles. The molecule has 0 bridgehead atoms. The van der Waals surface area contributed by atoms with Gasteiger partial charge in [0.25, 0.3) is 0 Å². The van der Waals surface area contributed by atoms with E-state index in [4.69, 9.17) is 10.5 Å². The van der Waals surface area contributed by atoms with Gasteiger partial charge in [0.05, 0.1) is 18.5 Å². The standard InChI is InChI=1S/C13H14FN3O/c1-8-11(15)5-6-13(16-8)17-9-3-4-10(14)12(7-9)18-2/h3-7H,15H2,1-2H3,(H,16,17). The SMILES string of the molecule is COc1cc(Nc2ccc(N)c(C)n2)ccc1F. The number of pyridine rings is 1. The van der Waals surface area contributed by atoms with Crippen LogP contribution in [0, 0.1) is 12.7 Å². The summed E-state index contributed by atoms with van der Waals surface area (Å²) < 4.78 is 18.2. The molecule has 2 rings (SSSR count). The molecule has 0 radical (unpaired) electrons. The van der Waals surface area contributed by atoms with E-state index in [1.165, 1.54) is 13.2 Å². The zero-order chi connectivity index (χ0) is 13.1. The molecule has 4 nitrogen and oxygen atoms in total. The van der Waals surface area contributed by atoms with E-state index in [1.807, 2.05) is 6.92 Å². The lowest BCUT2D eigenvalue weighted by Crippen LogP contribution is -1.99. The van der Waals surface area contributed by atoms with Gasteiger partial charge in [0.15, 0.2) is 11.6 Å². The van der Waals surface area contributed by atoms with Gasteiger partial charge in [-0.25, -0.2) is 9.37 Å².